The van der Waals surface area contributed by atoms with Crippen LogP contribution < -0.4 is 5.32 Å². The Labute approximate surface area is 99.1 Å². The van der Waals surface area contributed by atoms with Crippen LogP contribution >= 0.6 is 0 Å². The molecule has 1 N–H and O–H groups in total. The molecule has 2 heteroatoms. The van der Waals surface area contributed by atoms with Crippen LogP contribution in [0.5, 0.6) is 0 Å². The van der Waals surface area contributed by atoms with Crippen molar-refractivity contribution in [3.05, 3.63) is 0 Å². The van der Waals surface area contributed by atoms with Crippen LogP contribution in [0.2, 0.25) is 0 Å². The first-order valence-corrected chi connectivity index (χ1v) is 7.08. The minimum atomic E-state index is 0.663. The monoisotopic (exact) mass is 223 g/mol. The number of hydrogen-bond acceptors (Lipinski definition) is 2. The van der Waals surface area contributed by atoms with Gasteiger partial charge >= 0.3 is 0 Å². The predicted molar refractivity (Wildman–Crippen MR) is 65.3 cm³/mol. The van der Waals surface area contributed by atoms with E-state index in [0.29, 0.717) is 5.92 Å². The van der Waals surface area contributed by atoms with E-state index in [2.05, 4.69) is 19.2 Å². The summed E-state index contributed by atoms with van der Waals surface area (Å²) in [7, 11) is 0. The molecule has 0 aromatic heterocycles. The van der Waals surface area contributed by atoms with Crippen LogP contribution in [0.25, 0.3) is 0 Å². The van der Waals surface area contributed by atoms with E-state index in [9.17, 15) is 0 Å². The lowest BCUT2D eigenvalue weighted by molar-refractivity contribution is 0.111. The fourth-order valence-electron chi connectivity index (χ4n) is 4.21. The zero-order valence-electron chi connectivity index (χ0n) is 10.6. The zero-order valence-corrected chi connectivity index (χ0v) is 10.6. The first-order valence-electron chi connectivity index (χ1n) is 7.08. The van der Waals surface area contributed by atoms with Crippen LogP contribution in [-0.2, 0) is 4.74 Å². The summed E-state index contributed by atoms with van der Waals surface area (Å²) in [6.07, 6.45) is 4.60. The third-order valence-electron chi connectivity index (χ3n) is 4.81. The van der Waals surface area contributed by atoms with Gasteiger partial charge in [-0.2, -0.15) is 0 Å². The summed E-state index contributed by atoms with van der Waals surface area (Å²) in [6.45, 7) is 7.27. The quantitative estimate of drug-likeness (QED) is 0.698. The molecular formula is C14H25NO. The molecule has 3 aliphatic carbocycles. The van der Waals surface area contributed by atoms with Gasteiger partial charge in [0.2, 0.25) is 0 Å². The fourth-order valence-corrected chi connectivity index (χ4v) is 4.21. The van der Waals surface area contributed by atoms with Crippen LogP contribution in [0.3, 0.4) is 0 Å². The second kappa shape index (κ2) is 4.30. The molecule has 0 radical (unpaired) electrons. The van der Waals surface area contributed by atoms with E-state index in [1.165, 1.54) is 12.8 Å². The van der Waals surface area contributed by atoms with Crippen molar-refractivity contribution in [3.63, 3.8) is 0 Å². The Balaban J connectivity index is 1.31. The van der Waals surface area contributed by atoms with Crippen molar-refractivity contribution in [1.82, 2.24) is 5.32 Å². The van der Waals surface area contributed by atoms with Gasteiger partial charge in [0, 0.05) is 19.2 Å². The molecule has 0 aliphatic heterocycles. The van der Waals surface area contributed by atoms with E-state index in [1.54, 1.807) is 6.42 Å². The molecule has 4 atom stereocenters. The third kappa shape index (κ3) is 1.91. The fraction of sp³-hybridized carbons (Fsp3) is 1.00. The summed E-state index contributed by atoms with van der Waals surface area (Å²) in [6, 6.07) is 0.869. The van der Waals surface area contributed by atoms with Gasteiger partial charge in [-0.3, -0.25) is 0 Å². The zero-order chi connectivity index (χ0) is 11.1. The molecule has 0 amide bonds. The maximum absolute atomic E-state index is 5.60. The van der Waals surface area contributed by atoms with E-state index in [0.717, 1.165) is 49.5 Å². The maximum Gasteiger partial charge on any atom is 0.0591 e. The highest BCUT2D eigenvalue weighted by Gasteiger charge is 2.64. The molecule has 4 unspecified atom stereocenters. The summed E-state index contributed by atoms with van der Waals surface area (Å²) < 4.78 is 5.60. The topological polar surface area (TPSA) is 21.3 Å². The number of fused-ring (bicyclic) bond motifs is 5. The Kier molecular flexibility index (Phi) is 2.97. The normalized spacial score (nSPS) is 44.1. The SMILES string of the molecule is CC(C)COCCNC1C2C3CCC(C3)C12. The van der Waals surface area contributed by atoms with Crippen molar-refractivity contribution in [2.24, 2.45) is 29.6 Å². The highest BCUT2D eigenvalue weighted by Crippen LogP contribution is 2.65. The second-order valence-electron chi connectivity index (χ2n) is 6.44. The number of nitrogens with one attached hydrogen (secondary N) is 1. The van der Waals surface area contributed by atoms with E-state index >= 15 is 0 Å². The van der Waals surface area contributed by atoms with Gasteiger partial charge in [-0.1, -0.05) is 13.8 Å². The van der Waals surface area contributed by atoms with E-state index < -0.39 is 0 Å². The van der Waals surface area contributed by atoms with Crippen LogP contribution in [0.4, 0.5) is 0 Å². The first kappa shape index (κ1) is 11.0. The van der Waals surface area contributed by atoms with Crippen molar-refractivity contribution < 1.29 is 4.74 Å². The van der Waals surface area contributed by atoms with Crippen molar-refractivity contribution >= 4 is 0 Å². The Morgan fingerprint density at radius 3 is 2.50 bits per heavy atom. The molecule has 3 saturated carbocycles. The number of ether oxygens (including phenoxy) is 1. The van der Waals surface area contributed by atoms with E-state index in [-0.39, 0.29) is 0 Å². The smallest absolute Gasteiger partial charge is 0.0591 e. The number of hydrogen-bond donors (Lipinski definition) is 1. The maximum atomic E-state index is 5.60. The average molecular weight is 223 g/mol. The third-order valence-corrected chi connectivity index (χ3v) is 4.81. The minimum absolute atomic E-state index is 0.663. The summed E-state index contributed by atoms with van der Waals surface area (Å²) in [5.74, 6) is 4.96. The van der Waals surface area contributed by atoms with Crippen molar-refractivity contribution in [2.45, 2.75) is 39.2 Å². The summed E-state index contributed by atoms with van der Waals surface area (Å²) in [4.78, 5) is 0. The van der Waals surface area contributed by atoms with Crippen LogP contribution in [0.15, 0.2) is 0 Å². The average Bonchev–Trinajstić information content (AvgIpc) is 2.67. The molecule has 0 saturated heterocycles. The highest BCUT2D eigenvalue weighted by molar-refractivity contribution is 5.16. The van der Waals surface area contributed by atoms with E-state index in [4.69, 9.17) is 4.74 Å². The van der Waals surface area contributed by atoms with E-state index in [1.807, 2.05) is 0 Å². The lowest BCUT2D eigenvalue weighted by atomic mass is 10.0. The van der Waals surface area contributed by atoms with Gasteiger partial charge in [0.1, 0.15) is 0 Å². The summed E-state index contributed by atoms with van der Waals surface area (Å²) in [5, 5.41) is 3.71. The van der Waals surface area contributed by atoms with Gasteiger partial charge in [-0.05, 0) is 48.9 Å². The van der Waals surface area contributed by atoms with Crippen LogP contribution in [0, 0.1) is 29.6 Å². The molecular weight excluding hydrogens is 198 g/mol. The minimum Gasteiger partial charge on any atom is -0.380 e. The number of rotatable bonds is 6. The molecule has 92 valence electrons. The molecule has 2 nitrogen and oxygen atoms in total. The lowest BCUT2D eigenvalue weighted by Gasteiger charge is -2.11. The van der Waals surface area contributed by atoms with Crippen molar-refractivity contribution in [3.8, 4) is 0 Å². The predicted octanol–water partition coefficient (Wildman–Crippen LogP) is 2.29. The Morgan fingerprint density at radius 2 is 1.88 bits per heavy atom. The molecule has 3 rings (SSSR count). The summed E-state index contributed by atoms with van der Waals surface area (Å²) >= 11 is 0. The van der Waals surface area contributed by atoms with Crippen molar-refractivity contribution in [2.75, 3.05) is 19.8 Å². The molecule has 3 aliphatic rings. The van der Waals surface area contributed by atoms with Gasteiger partial charge < -0.3 is 10.1 Å². The molecule has 0 aromatic rings. The molecule has 3 fully saturated rings. The largest absolute Gasteiger partial charge is 0.380 e. The second-order valence-corrected chi connectivity index (χ2v) is 6.44. The standard InChI is InChI=1S/C14H25NO/c1-9(2)8-16-6-5-15-14-12-10-3-4-11(7-10)13(12)14/h9-15H,3-8H2,1-2H3. The summed E-state index contributed by atoms with van der Waals surface area (Å²) in [5.41, 5.74) is 0. The highest BCUT2D eigenvalue weighted by atomic mass is 16.5. The Hall–Kier alpha value is -0.0800. The molecule has 0 spiro atoms. The van der Waals surface area contributed by atoms with Gasteiger partial charge in [-0.15, -0.1) is 0 Å². The van der Waals surface area contributed by atoms with Crippen LogP contribution in [-0.4, -0.2) is 25.8 Å². The van der Waals surface area contributed by atoms with Crippen LogP contribution in [0.1, 0.15) is 33.1 Å². The first-order chi connectivity index (χ1) is 7.77. The Morgan fingerprint density at radius 1 is 1.19 bits per heavy atom. The molecule has 16 heavy (non-hydrogen) atoms. The molecule has 0 heterocycles. The van der Waals surface area contributed by atoms with Gasteiger partial charge in [0.25, 0.3) is 0 Å². The molecule has 2 bridgehead atoms. The van der Waals surface area contributed by atoms with Gasteiger partial charge in [0.15, 0.2) is 0 Å². The van der Waals surface area contributed by atoms with Gasteiger partial charge in [0.05, 0.1) is 6.61 Å². The van der Waals surface area contributed by atoms with Gasteiger partial charge in [-0.25, -0.2) is 0 Å². The molecule has 0 aromatic carbocycles. The Bertz CT molecular complexity index is 237. The van der Waals surface area contributed by atoms with Crippen molar-refractivity contribution in [1.29, 1.82) is 0 Å². The lowest BCUT2D eigenvalue weighted by Crippen LogP contribution is -2.27.